The fourth-order valence-corrected chi connectivity index (χ4v) is 2.89. The second kappa shape index (κ2) is 14.5. The molecule has 0 atom stereocenters. The van der Waals surface area contributed by atoms with Gasteiger partial charge in [0.05, 0.1) is 33.8 Å². The Morgan fingerprint density at radius 1 is 0.833 bits per heavy atom. The van der Waals surface area contributed by atoms with Gasteiger partial charge in [0.25, 0.3) is 0 Å². The van der Waals surface area contributed by atoms with Crippen LogP contribution in [-0.2, 0) is 9.53 Å². The molecule has 0 saturated carbocycles. The van der Waals surface area contributed by atoms with Crippen molar-refractivity contribution in [1.29, 1.82) is 0 Å². The third-order valence-corrected chi connectivity index (χ3v) is 4.61. The standard InChI is InChI=1S/C21H42NO2/c1-6-7-8-11-14-17-22(4,5)18-15-12-9-10-13-16-19-24-21(23)20(2)3/h2,6-19H2,1,3-5H3/q+1. The van der Waals surface area contributed by atoms with Crippen molar-refractivity contribution in [3.05, 3.63) is 12.2 Å². The van der Waals surface area contributed by atoms with Crippen molar-refractivity contribution in [2.75, 3.05) is 33.8 Å². The van der Waals surface area contributed by atoms with Gasteiger partial charge in [-0.1, -0.05) is 52.0 Å². The van der Waals surface area contributed by atoms with E-state index in [1.165, 1.54) is 75.4 Å². The van der Waals surface area contributed by atoms with Crippen LogP contribution in [0.3, 0.4) is 0 Å². The van der Waals surface area contributed by atoms with Crippen LogP contribution in [0.15, 0.2) is 12.2 Å². The minimum Gasteiger partial charge on any atom is -0.462 e. The van der Waals surface area contributed by atoms with Crippen molar-refractivity contribution in [2.24, 2.45) is 0 Å². The first-order chi connectivity index (χ1) is 11.4. The molecule has 0 rings (SSSR count). The molecule has 3 nitrogen and oxygen atoms in total. The van der Waals surface area contributed by atoms with E-state index in [2.05, 4.69) is 27.6 Å². The molecule has 142 valence electrons. The number of rotatable bonds is 16. The molecule has 0 aliphatic carbocycles. The summed E-state index contributed by atoms with van der Waals surface area (Å²) in [7, 11) is 4.74. The Morgan fingerprint density at radius 2 is 1.29 bits per heavy atom. The van der Waals surface area contributed by atoms with Gasteiger partial charge < -0.3 is 9.22 Å². The van der Waals surface area contributed by atoms with Crippen LogP contribution in [0.1, 0.15) is 84.5 Å². The molecule has 0 aliphatic heterocycles. The second-order valence-corrected chi connectivity index (χ2v) is 7.83. The fraction of sp³-hybridized carbons (Fsp3) is 0.857. The average Bonchev–Trinajstić information content (AvgIpc) is 2.52. The van der Waals surface area contributed by atoms with Crippen molar-refractivity contribution < 1.29 is 14.0 Å². The molecule has 0 amide bonds. The average molecular weight is 341 g/mol. The summed E-state index contributed by atoms with van der Waals surface area (Å²) in [6, 6.07) is 0. The lowest BCUT2D eigenvalue weighted by atomic mass is 10.1. The molecule has 0 aromatic heterocycles. The van der Waals surface area contributed by atoms with Crippen LogP contribution in [0, 0.1) is 0 Å². The molecule has 0 aromatic rings. The third-order valence-electron chi connectivity index (χ3n) is 4.61. The Labute approximate surface area is 151 Å². The molecule has 0 saturated heterocycles. The van der Waals surface area contributed by atoms with Gasteiger partial charge in [-0.25, -0.2) is 4.79 Å². The number of carbonyl (C=O) groups excluding carboxylic acids is 1. The number of quaternary nitrogens is 1. The van der Waals surface area contributed by atoms with E-state index in [0.29, 0.717) is 12.2 Å². The predicted octanol–water partition coefficient (Wildman–Crippen LogP) is 5.49. The Kier molecular flexibility index (Phi) is 14.0. The van der Waals surface area contributed by atoms with Crippen molar-refractivity contribution in [2.45, 2.75) is 84.5 Å². The van der Waals surface area contributed by atoms with E-state index < -0.39 is 0 Å². The molecule has 0 aliphatic rings. The smallest absolute Gasteiger partial charge is 0.333 e. The first kappa shape index (κ1) is 23.2. The number of unbranched alkanes of at least 4 members (excludes halogenated alkanes) is 9. The summed E-state index contributed by atoms with van der Waals surface area (Å²) < 4.78 is 6.27. The van der Waals surface area contributed by atoms with Crippen LogP contribution in [-0.4, -0.2) is 44.2 Å². The lowest BCUT2D eigenvalue weighted by molar-refractivity contribution is -0.890. The first-order valence-corrected chi connectivity index (χ1v) is 10.0. The molecule has 24 heavy (non-hydrogen) atoms. The minimum absolute atomic E-state index is 0.260. The number of esters is 1. The largest absolute Gasteiger partial charge is 0.462 e. The van der Waals surface area contributed by atoms with E-state index in [1.807, 2.05) is 0 Å². The van der Waals surface area contributed by atoms with Gasteiger partial charge in [0.1, 0.15) is 0 Å². The van der Waals surface area contributed by atoms with Gasteiger partial charge in [0, 0.05) is 5.57 Å². The van der Waals surface area contributed by atoms with Crippen LogP contribution in [0.5, 0.6) is 0 Å². The maximum atomic E-state index is 11.2. The second-order valence-electron chi connectivity index (χ2n) is 7.83. The summed E-state index contributed by atoms with van der Waals surface area (Å²) in [6.45, 7) is 10.7. The highest BCUT2D eigenvalue weighted by molar-refractivity contribution is 5.86. The Balaban J connectivity index is 3.41. The van der Waals surface area contributed by atoms with E-state index in [9.17, 15) is 4.79 Å². The minimum atomic E-state index is -0.260. The van der Waals surface area contributed by atoms with Crippen molar-refractivity contribution in [1.82, 2.24) is 0 Å². The highest BCUT2D eigenvalue weighted by Crippen LogP contribution is 2.11. The van der Waals surface area contributed by atoms with Crippen LogP contribution in [0.25, 0.3) is 0 Å². The van der Waals surface area contributed by atoms with Gasteiger partial charge in [0.15, 0.2) is 0 Å². The van der Waals surface area contributed by atoms with Crippen molar-refractivity contribution in [3.8, 4) is 0 Å². The Bertz CT molecular complexity index is 337. The molecule has 0 radical (unpaired) electrons. The molecule has 0 fully saturated rings. The quantitative estimate of drug-likeness (QED) is 0.161. The molecule has 0 heterocycles. The predicted molar refractivity (Wildman–Crippen MR) is 104 cm³/mol. The summed E-state index contributed by atoms with van der Waals surface area (Å²) in [6.07, 6.45) is 14.2. The number of carbonyl (C=O) groups is 1. The van der Waals surface area contributed by atoms with Gasteiger partial charge >= 0.3 is 5.97 Å². The lowest BCUT2D eigenvalue weighted by Crippen LogP contribution is -2.41. The molecule has 0 aromatic carbocycles. The lowest BCUT2D eigenvalue weighted by Gasteiger charge is -2.30. The number of hydrogen-bond acceptors (Lipinski definition) is 2. The number of ether oxygens (including phenoxy) is 1. The summed E-state index contributed by atoms with van der Waals surface area (Å²) in [4.78, 5) is 11.2. The van der Waals surface area contributed by atoms with Crippen molar-refractivity contribution >= 4 is 5.97 Å². The van der Waals surface area contributed by atoms with Crippen LogP contribution in [0.4, 0.5) is 0 Å². The maximum absolute atomic E-state index is 11.2. The molecular formula is C21H42NO2+. The van der Waals surface area contributed by atoms with E-state index in [4.69, 9.17) is 4.74 Å². The first-order valence-electron chi connectivity index (χ1n) is 10.0. The number of hydrogen-bond donors (Lipinski definition) is 0. The van der Waals surface area contributed by atoms with E-state index in [-0.39, 0.29) is 5.97 Å². The van der Waals surface area contributed by atoms with Gasteiger partial charge in [-0.2, -0.15) is 0 Å². The zero-order valence-electron chi connectivity index (χ0n) is 16.9. The van der Waals surface area contributed by atoms with Crippen LogP contribution < -0.4 is 0 Å². The number of nitrogens with zero attached hydrogens (tertiary/aromatic N) is 1. The monoisotopic (exact) mass is 340 g/mol. The molecule has 3 heteroatoms. The molecule has 0 unspecified atom stereocenters. The highest BCUT2D eigenvalue weighted by atomic mass is 16.5. The van der Waals surface area contributed by atoms with E-state index in [1.54, 1.807) is 6.92 Å². The van der Waals surface area contributed by atoms with E-state index in [0.717, 1.165) is 12.8 Å². The third kappa shape index (κ3) is 14.7. The summed E-state index contributed by atoms with van der Waals surface area (Å²) >= 11 is 0. The summed E-state index contributed by atoms with van der Waals surface area (Å²) in [5, 5.41) is 0. The molecule has 0 spiro atoms. The van der Waals surface area contributed by atoms with Crippen molar-refractivity contribution in [3.63, 3.8) is 0 Å². The fourth-order valence-electron chi connectivity index (χ4n) is 2.89. The zero-order valence-corrected chi connectivity index (χ0v) is 16.9. The molecule has 0 bridgehead atoms. The molecular weight excluding hydrogens is 298 g/mol. The van der Waals surface area contributed by atoms with Crippen LogP contribution in [0.2, 0.25) is 0 Å². The van der Waals surface area contributed by atoms with Gasteiger partial charge in [0.2, 0.25) is 0 Å². The van der Waals surface area contributed by atoms with Crippen LogP contribution >= 0.6 is 0 Å². The normalized spacial score (nSPS) is 11.5. The highest BCUT2D eigenvalue weighted by Gasteiger charge is 2.13. The topological polar surface area (TPSA) is 26.3 Å². The summed E-state index contributed by atoms with van der Waals surface area (Å²) in [5.41, 5.74) is 0.487. The zero-order chi connectivity index (χ0) is 18.3. The summed E-state index contributed by atoms with van der Waals surface area (Å²) in [5.74, 6) is -0.260. The Morgan fingerprint density at radius 3 is 1.79 bits per heavy atom. The van der Waals surface area contributed by atoms with Gasteiger partial charge in [-0.3, -0.25) is 0 Å². The van der Waals surface area contributed by atoms with Gasteiger partial charge in [-0.05, 0) is 39.0 Å². The Hall–Kier alpha value is -0.830. The molecule has 0 N–H and O–H groups in total. The van der Waals surface area contributed by atoms with Gasteiger partial charge in [-0.15, -0.1) is 0 Å². The maximum Gasteiger partial charge on any atom is 0.333 e. The van der Waals surface area contributed by atoms with E-state index >= 15 is 0 Å². The SMILES string of the molecule is C=C(C)C(=O)OCCCCCCCC[N+](C)(C)CCCCCCC.